The zero-order valence-electron chi connectivity index (χ0n) is 13.9. The fraction of sp³-hybridized carbons (Fsp3) is 1.00. The Morgan fingerprint density at radius 1 is 0.778 bits per heavy atom. The lowest BCUT2D eigenvalue weighted by Crippen LogP contribution is -3.10. The van der Waals surface area contributed by atoms with Crippen LogP contribution in [0.4, 0.5) is 0 Å². The van der Waals surface area contributed by atoms with Crippen molar-refractivity contribution in [1.29, 1.82) is 0 Å². The molecule has 1 heteroatoms. The first-order chi connectivity index (χ1) is 8.77. The molecule has 0 aromatic heterocycles. The maximum Gasteiger partial charge on any atom is 0.0771 e. The minimum Gasteiger partial charge on any atom is -0.337 e. The number of piperidine rings is 1. The van der Waals surface area contributed by atoms with Crippen molar-refractivity contribution >= 4 is 0 Å². The number of likely N-dealkylation sites (tertiary alicyclic amines) is 1. The van der Waals surface area contributed by atoms with Gasteiger partial charge in [0.05, 0.1) is 20.1 Å². The van der Waals surface area contributed by atoms with Gasteiger partial charge in [0.25, 0.3) is 0 Å². The van der Waals surface area contributed by atoms with Gasteiger partial charge in [0, 0.05) is 0 Å². The standard InChI is InChI=1S/C13H25N.2C2H6/c1-11-5-3-4-6-13(11)12-7-9-14(2)10-8-12;2*1-2/h11-13H,3-10H2,1-2H3;2*1-2H3/p+1. The van der Waals surface area contributed by atoms with Crippen molar-refractivity contribution in [3.63, 3.8) is 0 Å². The van der Waals surface area contributed by atoms with Gasteiger partial charge in [0.15, 0.2) is 0 Å². The van der Waals surface area contributed by atoms with E-state index < -0.39 is 0 Å². The third kappa shape index (κ3) is 5.73. The number of quaternary nitrogens is 1. The van der Waals surface area contributed by atoms with E-state index in [0.717, 1.165) is 17.8 Å². The van der Waals surface area contributed by atoms with Gasteiger partial charge in [-0.15, -0.1) is 0 Å². The van der Waals surface area contributed by atoms with Gasteiger partial charge in [-0.1, -0.05) is 53.9 Å². The zero-order valence-corrected chi connectivity index (χ0v) is 13.9. The summed E-state index contributed by atoms with van der Waals surface area (Å²) in [5, 5.41) is 0. The SMILES string of the molecule is CC.CC.CC1CCCCC1C1CC[NH+](C)CC1. The number of nitrogens with one attached hydrogen (secondary N) is 1. The highest BCUT2D eigenvalue weighted by molar-refractivity contribution is 4.79. The van der Waals surface area contributed by atoms with Crippen molar-refractivity contribution < 1.29 is 4.90 Å². The molecule has 0 aromatic rings. The summed E-state index contributed by atoms with van der Waals surface area (Å²) in [7, 11) is 2.35. The predicted octanol–water partition coefficient (Wildman–Crippen LogP) is 3.79. The Balaban J connectivity index is 0.000000659. The van der Waals surface area contributed by atoms with Crippen molar-refractivity contribution in [1.82, 2.24) is 0 Å². The van der Waals surface area contributed by atoms with Crippen LogP contribution in [0.2, 0.25) is 0 Å². The van der Waals surface area contributed by atoms with Gasteiger partial charge < -0.3 is 4.90 Å². The Kier molecular flexibility index (Phi) is 10.8. The highest BCUT2D eigenvalue weighted by atomic mass is 15.1. The number of hydrogen-bond donors (Lipinski definition) is 1. The van der Waals surface area contributed by atoms with E-state index in [1.54, 1.807) is 4.90 Å². The molecule has 1 heterocycles. The van der Waals surface area contributed by atoms with Gasteiger partial charge in [-0.2, -0.15) is 0 Å². The van der Waals surface area contributed by atoms with Crippen LogP contribution in [-0.4, -0.2) is 20.1 Å². The van der Waals surface area contributed by atoms with Crippen LogP contribution in [0.5, 0.6) is 0 Å². The molecule has 1 saturated heterocycles. The topological polar surface area (TPSA) is 4.44 Å². The summed E-state index contributed by atoms with van der Waals surface area (Å²) in [4.78, 5) is 1.75. The third-order valence-corrected chi connectivity index (χ3v) is 4.67. The van der Waals surface area contributed by atoms with Crippen LogP contribution >= 0.6 is 0 Å². The summed E-state index contributed by atoms with van der Waals surface area (Å²) in [5.74, 6) is 3.18. The fourth-order valence-electron chi connectivity index (χ4n) is 3.61. The second kappa shape index (κ2) is 10.8. The van der Waals surface area contributed by atoms with E-state index in [-0.39, 0.29) is 0 Å². The molecule has 0 bridgehead atoms. The molecule has 0 radical (unpaired) electrons. The number of rotatable bonds is 1. The van der Waals surface area contributed by atoms with E-state index in [1.807, 2.05) is 27.7 Å². The van der Waals surface area contributed by atoms with E-state index in [0.29, 0.717) is 0 Å². The van der Waals surface area contributed by atoms with Crippen LogP contribution in [0.3, 0.4) is 0 Å². The predicted molar refractivity (Wildman–Crippen MR) is 83.2 cm³/mol. The van der Waals surface area contributed by atoms with Crippen molar-refractivity contribution in [3.8, 4) is 0 Å². The van der Waals surface area contributed by atoms with Crippen molar-refractivity contribution in [2.45, 2.75) is 73.1 Å². The molecule has 110 valence electrons. The minimum atomic E-state index is 1.02. The fourth-order valence-corrected chi connectivity index (χ4v) is 3.61. The maximum absolute atomic E-state index is 2.50. The average molecular weight is 256 g/mol. The highest BCUT2D eigenvalue weighted by Crippen LogP contribution is 2.37. The Morgan fingerprint density at radius 3 is 1.78 bits per heavy atom. The summed E-state index contributed by atoms with van der Waals surface area (Å²) in [6, 6.07) is 0. The Hall–Kier alpha value is -0.0400. The molecule has 2 rings (SSSR count). The molecule has 2 unspecified atom stereocenters. The van der Waals surface area contributed by atoms with Crippen LogP contribution in [0.25, 0.3) is 0 Å². The molecule has 0 aromatic carbocycles. The van der Waals surface area contributed by atoms with Gasteiger partial charge >= 0.3 is 0 Å². The van der Waals surface area contributed by atoms with E-state index in [2.05, 4.69) is 14.0 Å². The summed E-state index contributed by atoms with van der Waals surface area (Å²) < 4.78 is 0. The molecular weight excluding hydrogens is 218 g/mol. The van der Waals surface area contributed by atoms with E-state index in [9.17, 15) is 0 Å². The molecule has 0 spiro atoms. The first-order valence-corrected chi connectivity index (χ1v) is 8.58. The normalized spacial score (nSPS) is 35.7. The number of hydrogen-bond acceptors (Lipinski definition) is 0. The van der Waals surface area contributed by atoms with Crippen LogP contribution in [0.15, 0.2) is 0 Å². The molecule has 0 amide bonds. The van der Waals surface area contributed by atoms with Crippen molar-refractivity contribution in [2.75, 3.05) is 20.1 Å². The second-order valence-corrected chi connectivity index (χ2v) is 5.72. The Morgan fingerprint density at radius 2 is 1.28 bits per heavy atom. The minimum absolute atomic E-state index is 1.02. The zero-order chi connectivity index (χ0) is 14.0. The Labute approximate surface area is 116 Å². The molecule has 2 fully saturated rings. The van der Waals surface area contributed by atoms with Crippen LogP contribution in [-0.2, 0) is 0 Å². The van der Waals surface area contributed by atoms with Crippen LogP contribution in [0, 0.1) is 17.8 Å². The molecule has 1 N–H and O–H groups in total. The second-order valence-electron chi connectivity index (χ2n) is 5.72. The lowest BCUT2D eigenvalue weighted by atomic mass is 9.70. The van der Waals surface area contributed by atoms with Gasteiger partial charge in [-0.25, -0.2) is 0 Å². The first-order valence-electron chi connectivity index (χ1n) is 8.58. The van der Waals surface area contributed by atoms with Crippen molar-refractivity contribution in [3.05, 3.63) is 0 Å². The third-order valence-electron chi connectivity index (χ3n) is 4.67. The highest BCUT2D eigenvalue weighted by Gasteiger charge is 2.31. The van der Waals surface area contributed by atoms with E-state index in [1.165, 1.54) is 51.6 Å². The molecule has 2 atom stereocenters. The lowest BCUT2D eigenvalue weighted by Gasteiger charge is -2.38. The first kappa shape index (κ1) is 18.0. The molecular formula is C17H38N+. The van der Waals surface area contributed by atoms with Crippen molar-refractivity contribution in [2.24, 2.45) is 17.8 Å². The van der Waals surface area contributed by atoms with Crippen LogP contribution < -0.4 is 4.90 Å². The lowest BCUT2D eigenvalue weighted by molar-refractivity contribution is -0.886. The molecule has 1 saturated carbocycles. The van der Waals surface area contributed by atoms with E-state index in [4.69, 9.17) is 0 Å². The largest absolute Gasteiger partial charge is 0.337 e. The van der Waals surface area contributed by atoms with Gasteiger partial charge in [0.2, 0.25) is 0 Å². The molecule has 2 aliphatic rings. The van der Waals surface area contributed by atoms with Gasteiger partial charge in [-0.05, 0) is 37.0 Å². The summed E-state index contributed by atoms with van der Waals surface area (Å²) in [5.41, 5.74) is 0. The average Bonchev–Trinajstić information content (AvgIpc) is 2.45. The maximum atomic E-state index is 2.50. The molecule has 1 aliphatic carbocycles. The van der Waals surface area contributed by atoms with Crippen LogP contribution in [0.1, 0.15) is 73.1 Å². The Bertz CT molecular complexity index is 170. The van der Waals surface area contributed by atoms with Gasteiger partial charge in [-0.3, -0.25) is 0 Å². The molecule has 18 heavy (non-hydrogen) atoms. The molecule has 1 aliphatic heterocycles. The monoisotopic (exact) mass is 256 g/mol. The molecule has 1 nitrogen and oxygen atoms in total. The summed E-state index contributed by atoms with van der Waals surface area (Å²) in [6.07, 6.45) is 9.04. The quantitative estimate of drug-likeness (QED) is 0.728. The summed E-state index contributed by atoms with van der Waals surface area (Å²) >= 11 is 0. The summed E-state index contributed by atoms with van der Waals surface area (Å²) in [6.45, 7) is 13.3. The van der Waals surface area contributed by atoms with E-state index >= 15 is 0 Å². The van der Waals surface area contributed by atoms with Gasteiger partial charge in [0.1, 0.15) is 0 Å². The smallest absolute Gasteiger partial charge is 0.0771 e.